The molecule has 3 aliphatic rings. The second-order valence-corrected chi connectivity index (χ2v) is 11.4. The van der Waals surface area contributed by atoms with Gasteiger partial charge in [-0.15, -0.1) is 0 Å². The van der Waals surface area contributed by atoms with Crippen molar-refractivity contribution < 1.29 is 4.74 Å². The Labute approximate surface area is 218 Å². The van der Waals surface area contributed by atoms with Gasteiger partial charge in [0.05, 0.1) is 17.7 Å². The lowest BCUT2D eigenvalue weighted by atomic mass is 9.51. The van der Waals surface area contributed by atoms with Crippen molar-refractivity contribution in [3.63, 3.8) is 0 Å². The highest BCUT2D eigenvalue weighted by molar-refractivity contribution is 5.75. The Morgan fingerprint density at radius 3 is 1.92 bits per heavy atom. The van der Waals surface area contributed by atoms with Gasteiger partial charge in [-0.1, -0.05) is 63.8 Å². The van der Waals surface area contributed by atoms with Crippen molar-refractivity contribution in [2.45, 2.75) is 104 Å². The molecule has 3 aliphatic carbocycles. The van der Waals surface area contributed by atoms with Crippen LogP contribution in [0.1, 0.15) is 114 Å². The Morgan fingerprint density at radius 2 is 1.33 bits per heavy atom. The molecule has 190 valence electrons. The van der Waals surface area contributed by atoms with Crippen LogP contribution in [0.4, 0.5) is 0 Å². The SMILES string of the molecule is CCCCCC12CCC(CCc3ccc(-c4ccc(OCCCC)cc4)c(C#N)c3C#N)(CC1)CC2. The molecule has 0 aliphatic heterocycles. The standard InChI is InChI=1S/C33H42N2O/c1-3-5-7-15-32-17-20-33(21-18-32,22-19-32)16-14-27-10-13-29(31(25-35)30(27)24-34)26-8-11-28(12-9-26)36-23-6-4-2/h8-13H,3-7,14-23H2,1-2H3. The molecule has 3 heteroatoms. The second-order valence-electron chi connectivity index (χ2n) is 11.4. The van der Waals surface area contributed by atoms with E-state index in [1.165, 1.54) is 64.2 Å². The van der Waals surface area contributed by atoms with Gasteiger partial charge in [-0.2, -0.15) is 10.5 Å². The van der Waals surface area contributed by atoms with E-state index in [2.05, 4.69) is 32.1 Å². The lowest BCUT2D eigenvalue weighted by molar-refractivity contribution is -0.0204. The molecule has 3 nitrogen and oxygen atoms in total. The zero-order valence-electron chi connectivity index (χ0n) is 22.4. The summed E-state index contributed by atoms with van der Waals surface area (Å²) < 4.78 is 5.78. The Bertz CT molecular complexity index is 1080. The summed E-state index contributed by atoms with van der Waals surface area (Å²) in [6.45, 7) is 5.16. The largest absolute Gasteiger partial charge is 0.494 e. The molecule has 0 amide bonds. The first-order valence-corrected chi connectivity index (χ1v) is 14.3. The van der Waals surface area contributed by atoms with Crippen molar-refractivity contribution in [2.24, 2.45) is 10.8 Å². The Kier molecular flexibility index (Phi) is 8.74. The molecule has 0 aromatic heterocycles. The van der Waals surface area contributed by atoms with E-state index in [0.29, 0.717) is 28.6 Å². The lowest BCUT2D eigenvalue weighted by Crippen LogP contribution is -2.41. The van der Waals surface area contributed by atoms with Crippen LogP contribution in [-0.4, -0.2) is 6.61 Å². The van der Waals surface area contributed by atoms with Gasteiger partial charge >= 0.3 is 0 Å². The maximum atomic E-state index is 10.0. The minimum atomic E-state index is 0.443. The van der Waals surface area contributed by atoms with E-state index >= 15 is 0 Å². The minimum Gasteiger partial charge on any atom is -0.494 e. The summed E-state index contributed by atoms with van der Waals surface area (Å²) in [5, 5.41) is 20.1. The number of benzene rings is 2. The van der Waals surface area contributed by atoms with E-state index in [9.17, 15) is 10.5 Å². The summed E-state index contributed by atoms with van der Waals surface area (Å²) >= 11 is 0. The van der Waals surface area contributed by atoms with E-state index in [1.54, 1.807) is 0 Å². The van der Waals surface area contributed by atoms with Crippen molar-refractivity contribution in [1.29, 1.82) is 10.5 Å². The number of ether oxygens (including phenoxy) is 1. The fourth-order valence-electron chi connectivity index (χ4n) is 6.64. The molecule has 0 atom stereocenters. The maximum absolute atomic E-state index is 10.0. The van der Waals surface area contributed by atoms with E-state index in [1.807, 2.05) is 30.3 Å². The molecular formula is C33H42N2O. The quantitative estimate of drug-likeness (QED) is 0.283. The van der Waals surface area contributed by atoms with Crippen LogP contribution in [-0.2, 0) is 6.42 Å². The average Bonchev–Trinajstić information content (AvgIpc) is 2.93. The third kappa shape index (κ3) is 5.78. The molecule has 0 heterocycles. The van der Waals surface area contributed by atoms with Gasteiger partial charge < -0.3 is 4.74 Å². The number of hydrogen-bond donors (Lipinski definition) is 0. The number of fused-ring (bicyclic) bond motifs is 3. The first-order valence-electron chi connectivity index (χ1n) is 14.3. The van der Waals surface area contributed by atoms with Gasteiger partial charge in [-0.05, 0) is 98.3 Å². The topological polar surface area (TPSA) is 56.8 Å². The van der Waals surface area contributed by atoms with E-state index in [4.69, 9.17) is 4.74 Å². The predicted octanol–water partition coefficient (Wildman–Crippen LogP) is 9.13. The molecule has 5 rings (SSSR count). The number of unbranched alkanes of at least 4 members (excludes halogenated alkanes) is 3. The molecule has 0 radical (unpaired) electrons. The summed E-state index contributed by atoms with van der Waals surface area (Å²) in [6.07, 6.45) is 17.9. The minimum absolute atomic E-state index is 0.443. The molecule has 0 spiro atoms. The Hall–Kier alpha value is -2.78. The van der Waals surface area contributed by atoms with Crippen molar-refractivity contribution in [1.82, 2.24) is 0 Å². The summed E-state index contributed by atoms with van der Waals surface area (Å²) in [4.78, 5) is 0. The zero-order chi connectivity index (χ0) is 25.4. The van der Waals surface area contributed by atoms with Crippen LogP contribution in [0.2, 0.25) is 0 Å². The van der Waals surface area contributed by atoms with Crippen LogP contribution in [0.25, 0.3) is 11.1 Å². The van der Waals surface area contributed by atoms with Crippen LogP contribution in [0.5, 0.6) is 5.75 Å². The van der Waals surface area contributed by atoms with Crippen LogP contribution >= 0.6 is 0 Å². The van der Waals surface area contributed by atoms with Crippen molar-refractivity contribution in [3.8, 4) is 29.0 Å². The molecule has 3 fully saturated rings. The molecule has 0 N–H and O–H groups in total. The molecule has 2 aromatic carbocycles. The highest BCUT2D eigenvalue weighted by Gasteiger charge is 2.47. The number of rotatable bonds is 12. The number of nitrogens with zero attached hydrogens (tertiary/aromatic N) is 2. The van der Waals surface area contributed by atoms with Crippen LogP contribution in [0.15, 0.2) is 36.4 Å². The highest BCUT2D eigenvalue weighted by atomic mass is 16.5. The Balaban J connectivity index is 1.44. The second kappa shape index (κ2) is 12.0. The van der Waals surface area contributed by atoms with Gasteiger partial charge in [-0.3, -0.25) is 0 Å². The highest BCUT2D eigenvalue weighted by Crippen LogP contribution is 2.60. The third-order valence-electron chi connectivity index (χ3n) is 9.24. The van der Waals surface area contributed by atoms with Gasteiger partial charge in [0.25, 0.3) is 0 Å². The summed E-state index contributed by atoms with van der Waals surface area (Å²) in [5.41, 5.74) is 4.97. The van der Waals surface area contributed by atoms with Crippen LogP contribution in [0.3, 0.4) is 0 Å². The van der Waals surface area contributed by atoms with E-state index in [-0.39, 0.29) is 0 Å². The summed E-state index contributed by atoms with van der Waals surface area (Å²) in [5.74, 6) is 0.844. The molecule has 0 unspecified atom stereocenters. The van der Waals surface area contributed by atoms with Gasteiger partial charge in [-0.25, -0.2) is 0 Å². The number of hydrogen-bond acceptors (Lipinski definition) is 3. The molecular weight excluding hydrogens is 440 g/mol. The third-order valence-corrected chi connectivity index (χ3v) is 9.24. The van der Waals surface area contributed by atoms with Crippen molar-refractivity contribution in [2.75, 3.05) is 6.61 Å². The number of nitriles is 2. The summed E-state index contributed by atoms with van der Waals surface area (Å²) in [6, 6.07) is 16.8. The molecule has 3 saturated carbocycles. The van der Waals surface area contributed by atoms with Gasteiger partial charge in [0.2, 0.25) is 0 Å². The van der Waals surface area contributed by atoms with E-state index in [0.717, 1.165) is 48.1 Å². The van der Waals surface area contributed by atoms with Crippen molar-refractivity contribution >= 4 is 0 Å². The Morgan fingerprint density at radius 1 is 0.722 bits per heavy atom. The molecule has 36 heavy (non-hydrogen) atoms. The van der Waals surface area contributed by atoms with Crippen molar-refractivity contribution in [3.05, 3.63) is 53.1 Å². The normalized spacial score (nSPS) is 22.7. The van der Waals surface area contributed by atoms with Gasteiger partial charge in [0, 0.05) is 5.56 Å². The number of aryl methyl sites for hydroxylation is 1. The van der Waals surface area contributed by atoms with Gasteiger partial charge in [0.1, 0.15) is 17.9 Å². The first kappa shape index (κ1) is 26.3. The monoisotopic (exact) mass is 482 g/mol. The average molecular weight is 483 g/mol. The fourth-order valence-corrected chi connectivity index (χ4v) is 6.64. The predicted molar refractivity (Wildman–Crippen MR) is 147 cm³/mol. The smallest absolute Gasteiger partial charge is 0.119 e. The van der Waals surface area contributed by atoms with Crippen LogP contribution < -0.4 is 4.74 Å². The molecule has 2 bridgehead atoms. The molecule has 2 aromatic rings. The van der Waals surface area contributed by atoms with Crippen LogP contribution in [0, 0.1) is 33.5 Å². The molecule has 0 saturated heterocycles. The zero-order valence-corrected chi connectivity index (χ0v) is 22.4. The maximum Gasteiger partial charge on any atom is 0.119 e. The first-order chi connectivity index (χ1) is 17.6. The summed E-state index contributed by atoms with van der Waals surface area (Å²) in [7, 11) is 0. The lowest BCUT2D eigenvalue weighted by Gasteiger charge is -2.54. The van der Waals surface area contributed by atoms with E-state index < -0.39 is 0 Å². The fraction of sp³-hybridized carbons (Fsp3) is 0.576. The van der Waals surface area contributed by atoms with Gasteiger partial charge in [0.15, 0.2) is 0 Å².